The van der Waals surface area contributed by atoms with Crippen LogP contribution in [0.2, 0.25) is 0 Å². The number of esters is 1. The number of nitrogens with one attached hydrogen (secondary N) is 2. The van der Waals surface area contributed by atoms with E-state index in [0.29, 0.717) is 12.2 Å². The Morgan fingerprint density at radius 3 is 2.48 bits per heavy atom. The Kier molecular flexibility index (Phi) is 8.10. The van der Waals surface area contributed by atoms with Crippen LogP contribution in [0.1, 0.15) is 68.8 Å². The molecule has 0 radical (unpaired) electrons. The molecule has 1 aromatic heterocycles. The average Bonchev–Trinajstić information content (AvgIpc) is 2.68. The molecule has 0 saturated heterocycles. The van der Waals surface area contributed by atoms with E-state index in [1.807, 2.05) is 45.9 Å². The number of carbonyl (C=O) groups excluding carboxylic acids is 2. The summed E-state index contributed by atoms with van der Waals surface area (Å²) in [5, 5.41) is 6.14. The fraction of sp³-hybridized carbons (Fsp3) is 0.480. The molecule has 6 nitrogen and oxygen atoms in total. The SMILES string of the molecule is Cc1cc(Br)cc(Nc2ncc(F)cc2C(=O)NC2CCC(CC(=O)OC(C)(C)C)CC2)c1. The molecule has 0 bridgehead atoms. The van der Waals surface area contributed by atoms with Gasteiger partial charge >= 0.3 is 5.97 Å². The lowest BCUT2D eigenvalue weighted by atomic mass is 9.84. The minimum Gasteiger partial charge on any atom is -0.460 e. The minimum atomic E-state index is -0.572. The van der Waals surface area contributed by atoms with E-state index in [1.165, 1.54) is 6.07 Å². The molecule has 1 fully saturated rings. The van der Waals surface area contributed by atoms with Gasteiger partial charge in [-0.25, -0.2) is 9.37 Å². The van der Waals surface area contributed by atoms with Gasteiger partial charge in [0.2, 0.25) is 0 Å². The Bertz CT molecular complexity index is 994. The van der Waals surface area contributed by atoms with E-state index in [4.69, 9.17) is 4.74 Å². The quantitative estimate of drug-likeness (QED) is 0.453. The Morgan fingerprint density at radius 2 is 1.85 bits per heavy atom. The minimum absolute atomic E-state index is 0.0309. The van der Waals surface area contributed by atoms with Gasteiger partial charge in [0.05, 0.1) is 11.8 Å². The maximum atomic E-state index is 13.9. The van der Waals surface area contributed by atoms with E-state index in [-0.39, 0.29) is 29.4 Å². The number of pyridine rings is 1. The number of benzene rings is 1. The van der Waals surface area contributed by atoms with Crippen LogP contribution >= 0.6 is 15.9 Å². The average molecular weight is 520 g/mol. The second-order valence-corrected chi connectivity index (χ2v) is 10.6. The molecule has 0 spiro atoms. The highest BCUT2D eigenvalue weighted by molar-refractivity contribution is 9.10. The Labute approximate surface area is 202 Å². The van der Waals surface area contributed by atoms with Gasteiger partial charge in [0.1, 0.15) is 17.2 Å². The van der Waals surface area contributed by atoms with Crippen LogP contribution in [-0.2, 0) is 9.53 Å². The topological polar surface area (TPSA) is 80.3 Å². The van der Waals surface area contributed by atoms with Gasteiger partial charge in [0.15, 0.2) is 0 Å². The number of aryl methyl sites for hydroxylation is 1. The van der Waals surface area contributed by atoms with Crippen molar-refractivity contribution in [1.29, 1.82) is 0 Å². The van der Waals surface area contributed by atoms with Gasteiger partial charge in [-0.1, -0.05) is 15.9 Å². The summed E-state index contributed by atoms with van der Waals surface area (Å²) < 4.78 is 20.2. The molecule has 1 heterocycles. The molecule has 1 aliphatic carbocycles. The zero-order valence-electron chi connectivity index (χ0n) is 19.5. The molecule has 0 atom stereocenters. The summed E-state index contributed by atoms with van der Waals surface area (Å²) in [5.41, 5.74) is 1.45. The third-order valence-corrected chi connectivity index (χ3v) is 5.92. The first-order valence-corrected chi connectivity index (χ1v) is 12.0. The van der Waals surface area contributed by atoms with Gasteiger partial charge in [0.25, 0.3) is 5.91 Å². The molecule has 2 N–H and O–H groups in total. The van der Waals surface area contributed by atoms with Gasteiger partial charge in [-0.15, -0.1) is 0 Å². The zero-order chi connectivity index (χ0) is 24.2. The van der Waals surface area contributed by atoms with Crippen LogP contribution in [0.3, 0.4) is 0 Å². The third kappa shape index (κ3) is 7.81. The van der Waals surface area contributed by atoms with Crippen molar-refractivity contribution in [2.45, 2.75) is 71.4 Å². The largest absolute Gasteiger partial charge is 0.460 e. The maximum Gasteiger partial charge on any atom is 0.306 e. The molecule has 2 aromatic rings. The number of nitrogens with zero attached hydrogens (tertiary/aromatic N) is 1. The zero-order valence-corrected chi connectivity index (χ0v) is 21.1. The van der Waals surface area contributed by atoms with Gasteiger partial charge in [-0.2, -0.15) is 0 Å². The van der Waals surface area contributed by atoms with Crippen LogP contribution in [0.5, 0.6) is 0 Å². The van der Waals surface area contributed by atoms with Crippen LogP contribution < -0.4 is 10.6 Å². The third-order valence-electron chi connectivity index (χ3n) is 5.46. The smallest absolute Gasteiger partial charge is 0.306 e. The highest BCUT2D eigenvalue weighted by atomic mass is 79.9. The molecular weight excluding hydrogens is 489 g/mol. The summed E-state index contributed by atoms with van der Waals surface area (Å²) in [6, 6.07) is 6.92. The van der Waals surface area contributed by atoms with E-state index >= 15 is 0 Å². The number of rotatable bonds is 6. The van der Waals surface area contributed by atoms with Crippen molar-refractivity contribution >= 4 is 39.3 Å². The van der Waals surface area contributed by atoms with Crippen molar-refractivity contribution in [1.82, 2.24) is 10.3 Å². The summed E-state index contributed by atoms with van der Waals surface area (Å²) in [5.74, 6) is -0.575. The predicted molar refractivity (Wildman–Crippen MR) is 130 cm³/mol. The summed E-state index contributed by atoms with van der Waals surface area (Å²) in [6.07, 6.45) is 4.66. The number of halogens is 2. The van der Waals surface area contributed by atoms with Crippen molar-refractivity contribution in [3.05, 3.63) is 51.9 Å². The first kappa shape index (κ1) is 25.1. The van der Waals surface area contributed by atoms with Crippen LogP contribution in [0.15, 0.2) is 34.9 Å². The fourth-order valence-corrected chi connectivity index (χ4v) is 4.66. The number of aromatic nitrogens is 1. The lowest BCUT2D eigenvalue weighted by molar-refractivity contribution is -0.156. The summed E-state index contributed by atoms with van der Waals surface area (Å²) >= 11 is 3.46. The van der Waals surface area contributed by atoms with E-state index < -0.39 is 11.4 Å². The van der Waals surface area contributed by atoms with Crippen molar-refractivity contribution < 1.29 is 18.7 Å². The normalized spacial score (nSPS) is 18.5. The fourth-order valence-electron chi connectivity index (χ4n) is 4.05. The van der Waals surface area contributed by atoms with Crippen molar-refractivity contribution in [3.63, 3.8) is 0 Å². The summed E-state index contributed by atoms with van der Waals surface area (Å²) in [4.78, 5) is 29.2. The number of hydrogen-bond acceptors (Lipinski definition) is 5. The Hall–Kier alpha value is -2.48. The molecule has 0 unspecified atom stereocenters. The van der Waals surface area contributed by atoms with Gasteiger partial charge < -0.3 is 15.4 Å². The number of amides is 1. The monoisotopic (exact) mass is 519 g/mol. The standard InChI is InChI=1S/C25H31BrFN3O3/c1-15-9-17(26)12-20(10-15)29-23-21(13-18(27)14-28-23)24(32)30-19-7-5-16(6-8-19)11-22(31)33-25(2,3)4/h9-10,12-14,16,19H,5-8,11H2,1-4H3,(H,28,29)(H,30,32). The first-order chi connectivity index (χ1) is 15.5. The lowest BCUT2D eigenvalue weighted by Gasteiger charge is -2.29. The Morgan fingerprint density at radius 1 is 1.15 bits per heavy atom. The number of anilines is 2. The number of carbonyl (C=O) groups is 2. The summed E-state index contributed by atoms with van der Waals surface area (Å²) in [7, 11) is 0. The molecule has 8 heteroatoms. The second kappa shape index (κ2) is 10.6. The van der Waals surface area contributed by atoms with Crippen LogP contribution in [0.25, 0.3) is 0 Å². The lowest BCUT2D eigenvalue weighted by Crippen LogP contribution is -2.38. The van der Waals surface area contributed by atoms with Crippen LogP contribution in [0, 0.1) is 18.7 Å². The van der Waals surface area contributed by atoms with E-state index in [2.05, 4.69) is 31.5 Å². The molecule has 3 rings (SSSR count). The Balaban J connectivity index is 1.61. The van der Waals surface area contributed by atoms with Crippen molar-refractivity contribution in [2.75, 3.05) is 5.32 Å². The molecule has 1 aliphatic rings. The van der Waals surface area contributed by atoms with Gasteiger partial charge in [0, 0.05) is 22.6 Å². The van der Waals surface area contributed by atoms with Gasteiger partial charge in [-0.05, 0) is 89.1 Å². The molecule has 1 aromatic carbocycles. The molecular formula is C25H31BrFN3O3. The van der Waals surface area contributed by atoms with E-state index in [0.717, 1.165) is 47.6 Å². The van der Waals surface area contributed by atoms with E-state index in [9.17, 15) is 14.0 Å². The molecule has 33 heavy (non-hydrogen) atoms. The maximum absolute atomic E-state index is 13.9. The predicted octanol–water partition coefficient (Wildman–Crippen LogP) is 6.06. The van der Waals surface area contributed by atoms with E-state index in [1.54, 1.807) is 0 Å². The molecule has 1 saturated carbocycles. The second-order valence-electron chi connectivity index (χ2n) is 9.67. The van der Waals surface area contributed by atoms with Crippen molar-refractivity contribution in [3.8, 4) is 0 Å². The molecule has 1 amide bonds. The summed E-state index contributed by atoms with van der Waals surface area (Å²) in [6.45, 7) is 7.54. The molecule has 0 aliphatic heterocycles. The molecule has 178 valence electrons. The van der Waals surface area contributed by atoms with Crippen molar-refractivity contribution in [2.24, 2.45) is 5.92 Å². The van der Waals surface area contributed by atoms with Crippen LogP contribution in [-0.4, -0.2) is 28.5 Å². The van der Waals surface area contributed by atoms with Gasteiger partial charge in [-0.3, -0.25) is 9.59 Å². The number of ether oxygens (including phenoxy) is 1. The number of hydrogen-bond donors (Lipinski definition) is 2. The highest BCUT2D eigenvalue weighted by Gasteiger charge is 2.27. The first-order valence-electron chi connectivity index (χ1n) is 11.2. The van der Waals surface area contributed by atoms with Crippen LogP contribution in [0.4, 0.5) is 15.9 Å². The highest BCUT2D eigenvalue weighted by Crippen LogP contribution is 2.29.